The van der Waals surface area contributed by atoms with Crippen LogP contribution in [0.5, 0.6) is 0 Å². The van der Waals surface area contributed by atoms with Crippen LogP contribution in [0.2, 0.25) is 0 Å². The summed E-state index contributed by atoms with van der Waals surface area (Å²) >= 11 is 1.32. The number of aliphatic imine (C=N–C) groups is 1. The molecule has 1 aliphatic carbocycles. The molecule has 5 atom stereocenters. The summed E-state index contributed by atoms with van der Waals surface area (Å²) in [5.74, 6) is -1.72. The molecule has 4 aliphatic rings. The van der Waals surface area contributed by atoms with E-state index in [1.165, 1.54) is 16.2 Å². The lowest BCUT2D eigenvalue weighted by molar-refractivity contribution is -0.141. The number of thiazole rings is 1. The van der Waals surface area contributed by atoms with Crippen LogP contribution in [0.4, 0.5) is 5.13 Å². The summed E-state index contributed by atoms with van der Waals surface area (Å²) in [7, 11) is 0. The number of aliphatic hydroxyl groups excluding tert-OH is 1. The predicted molar refractivity (Wildman–Crippen MR) is 167 cm³/mol. The Kier molecular flexibility index (Phi) is 8.59. The van der Waals surface area contributed by atoms with Gasteiger partial charge in [-0.25, -0.2) is 4.98 Å². The minimum atomic E-state index is -1.00. The average molecular weight is 603 g/mol. The van der Waals surface area contributed by atoms with E-state index in [0.717, 1.165) is 55.3 Å². The summed E-state index contributed by atoms with van der Waals surface area (Å²) < 4.78 is 0. The second-order valence-corrected chi connectivity index (χ2v) is 12.9. The number of dihydropyridines is 1. The molecule has 0 bridgehead atoms. The van der Waals surface area contributed by atoms with Crippen molar-refractivity contribution >= 4 is 46.0 Å². The highest BCUT2D eigenvalue weighted by atomic mass is 32.1. The maximum Gasteiger partial charge on any atom is 0.304 e. The van der Waals surface area contributed by atoms with E-state index in [9.17, 15) is 24.6 Å². The van der Waals surface area contributed by atoms with Gasteiger partial charge >= 0.3 is 5.97 Å². The maximum atomic E-state index is 14.1. The highest BCUT2D eigenvalue weighted by Gasteiger charge is 2.42. The van der Waals surface area contributed by atoms with Gasteiger partial charge in [0.25, 0.3) is 0 Å². The first-order valence-electron chi connectivity index (χ1n) is 15.3. The topological polar surface area (TPSA) is 123 Å². The molecule has 2 fully saturated rings. The summed E-state index contributed by atoms with van der Waals surface area (Å²) in [6, 6.07) is 7.29. The van der Waals surface area contributed by atoms with E-state index in [-0.39, 0.29) is 48.8 Å². The van der Waals surface area contributed by atoms with E-state index in [1.54, 1.807) is 0 Å². The standard InChI is InChI=1S/C33H38N4O5S/c1-20-15-22(17-34-31(20)36-14-6-11-29(36)39)24-9-4-5-10-26(24)28-19-43-33(35-28)37-23(18-38)12-13-25(21-7-2-3-8-21)27(32(37)42)16-30(40)41/h4-5,9-10,12-13,15,17,19-21,23,25,27,31,38H,2-3,6-8,11,14,16,18H2,1H3,(H,40,41). The summed E-state index contributed by atoms with van der Waals surface area (Å²) in [6.45, 7) is 2.53. The van der Waals surface area contributed by atoms with E-state index in [2.05, 4.69) is 13.0 Å². The Hall–Kier alpha value is -3.63. The number of amides is 2. The minimum absolute atomic E-state index is 0.0481. The van der Waals surface area contributed by atoms with E-state index in [1.807, 2.05) is 52.9 Å². The van der Waals surface area contributed by atoms with Crippen molar-refractivity contribution in [3.8, 4) is 11.3 Å². The van der Waals surface area contributed by atoms with Crippen molar-refractivity contribution in [2.24, 2.45) is 28.7 Å². The zero-order chi connectivity index (χ0) is 30.1. The number of carboxylic acids is 1. The monoisotopic (exact) mass is 602 g/mol. The Labute approximate surface area is 255 Å². The Morgan fingerprint density at radius 1 is 1.09 bits per heavy atom. The van der Waals surface area contributed by atoms with Gasteiger partial charge in [0.2, 0.25) is 11.8 Å². The Bertz CT molecular complexity index is 1470. The van der Waals surface area contributed by atoms with Crippen molar-refractivity contribution < 1.29 is 24.6 Å². The molecule has 9 nitrogen and oxygen atoms in total. The predicted octanol–water partition coefficient (Wildman–Crippen LogP) is 5.02. The molecular weight excluding hydrogens is 564 g/mol. The van der Waals surface area contributed by atoms with Crippen molar-refractivity contribution in [1.29, 1.82) is 0 Å². The molecule has 43 heavy (non-hydrogen) atoms. The molecule has 0 radical (unpaired) electrons. The second-order valence-electron chi connectivity index (χ2n) is 12.1. The summed E-state index contributed by atoms with van der Waals surface area (Å²) in [4.78, 5) is 51.4. The van der Waals surface area contributed by atoms with Crippen LogP contribution in [-0.2, 0) is 14.4 Å². The van der Waals surface area contributed by atoms with Crippen molar-refractivity contribution in [3.63, 3.8) is 0 Å². The molecule has 6 rings (SSSR count). The van der Waals surface area contributed by atoms with Gasteiger partial charge < -0.3 is 15.1 Å². The van der Waals surface area contributed by atoms with Gasteiger partial charge in [-0.2, -0.15) is 0 Å². The highest BCUT2D eigenvalue weighted by Crippen LogP contribution is 2.42. The third kappa shape index (κ3) is 5.82. The summed E-state index contributed by atoms with van der Waals surface area (Å²) in [6.07, 6.45) is 13.0. The van der Waals surface area contributed by atoms with Crippen molar-refractivity contribution in [2.75, 3.05) is 18.1 Å². The molecule has 1 aromatic heterocycles. The van der Waals surface area contributed by atoms with Crippen LogP contribution in [-0.4, -0.2) is 69.5 Å². The molecular formula is C33H38N4O5S. The number of aliphatic hydroxyl groups is 1. The Morgan fingerprint density at radius 3 is 2.53 bits per heavy atom. The first-order valence-corrected chi connectivity index (χ1v) is 16.2. The third-order valence-corrected chi connectivity index (χ3v) is 10.2. The number of anilines is 1. The SMILES string of the molecule is CC1C=C(c2ccccc2-c2csc(N3C(=O)C(CC(=O)O)C(C4CCCC4)C=CC3CO)n2)C=NC1N1CCCC1=O. The van der Waals surface area contributed by atoms with Gasteiger partial charge in [-0.3, -0.25) is 24.3 Å². The van der Waals surface area contributed by atoms with E-state index >= 15 is 0 Å². The third-order valence-electron chi connectivity index (χ3n) is 9.35. The van der Waals surface area contributed by atoms with E-state index < -0.39 is 17.9 Å². The number of likely N-dealkylation sites (tertiary alicyclic amines) is 1. The lowest BCUT2D eigenvalue weighted by atomic mass is 9.78. The maximum absolute atomic E-state index is 14.1. The van der Waals surface area contributed by atoms with E-state index in [0.29, 0.717) is 17.2 Å². The summed E-state index contributed by atoms with van der Waals surface area (Å²) in [5.41, 5.74) is 3.47. The normalized spacial score (nSPS) is 28.0. The largest absolute Gasteiger partial charge is 0.481 e. The molecule has 226 valence electrons. The molecule has 10 heteroatoms. The Morgan fingerprint density at radius 2 is 1.86 bits per heavy atom. The van der Waals surface area contributed by atoms with E-state index in [4.69, 9.17) is 9.98 Å². The van der Waals surface area contributed by atoms with Crippen LogP contribution < -0.4 is 4.90 Å². The van der Waals surface area contributed by atoms with Crippen LogP contribution in [0, 0.1) is 23.7 Å². The Balaban J connectivity index is 1.30. The number of carbonyl (C=O) groups is 3. The molecule has 1 saturated heterocycles. The second kappa shape index (κ2) is 12.5. The quantitative estimate of drug-likeness (QED) is 0.409. The lowest BCUT2D eigenvalue weighted by Crippen LogP contribution is -2.45. The number of rotatable bonds is 8. The molecule has 2 amide bonds. The first kappa shape index (κ1) is 29.4. The van der Waals surface area contributed by atoms with Crippen molar-refractivity contribution in [2.45, 2.75) is 64.1 Å². The van der Waals surface area contributed by atoms with Crippen molar-refractivity contribution in [1.82, 2.24) is 9.88 Å². The zero-order valence-electron chi connectivity index (χ0n) is 24.3. The van der Waals surface area contributed by atoms with Gasteiger partial charge in [-0.1, -0.05) is 62.3 Å². The molecule has 5 unspecified atom stereocenters. The first-order chi connectivity index (χ1) is 20.9. The lowest BCUT2D eigenvalue weighted by Gasteiger charge is -2.31. The van der Waals surface area contributed by atoms with Gasteiger partial charge in [-0.05, 0) is 42.2 Å². The fraction of sp³-hybridized carbons (Fsp3) is 0.485. The molecule has 0 spiro atoms. The van der Waals surface area contributed by atoms with Crippen LogP contribution >= 0.6 is 11.3 Å². The molecule has 1 saturated carbocycles. The average Bonchev–Trinajstić information content (AvgIpc) is 3.77. The fourth-order valence-corrected chi connectivity index (χ4v) is 8.12. The number of allylic oxidation sites excluding steroid dienone is 2. The van der Waals surface area contributed by atoms with Crippen LogP contribution in [0.25, 0.3) is 16.8 Å². The number of hydrogen-bond donors (Lipinski definition) is 2. The molecule has 4 heterocycles. The van der Waals surface area contributed by atoms with Crippen molar-refractivity contribution in [3.05, 3.63) is 53.4 Å². The fourth-order valence-electron chi connectivity index (χ4n) is 7.24. The number of hydrogen-bond acceptors (Lipinski definition) is 7. The smallest absolute Gasteiger partial charge is 0.304 e. The molecule has 3 aliphatic heterocycles. The van der Waals surface area contributed by atoms with Crippen LogP contribution in [0.3, 0.4) is 0 Å². The number of aromatic nitrogens is 1. The number of nitrogens with zero attached hydrogens (tertiary/aromatic N) is 4. The number of benzene rings is 1. The minimum Gasteiger partial charge on any atom is -0.481 e. The number of aliphatic carboxylic acids is 1. The van der Waals surface area contributed by atoms with Gasteiger partial charge in [-0.15, -0.1) is 11.3 Å². The van der Waals surface area contributed by atoms with Gasteiger partial charge in [0.05, 0.1) is 30.7 Å². The molecule has 2 N–H and O–H groups in total. The number of carbonyl (C=O) groups excluding carboxylic acids is 2. The highest BCUT2D eigenvalue weighted by molar-refractivity contribution is 7.14. The molecule has 1 aromatic carbocycles. The van der Waals surface area contributed by atoms with Gasteiger partial charge in [0.15, 0.2) is 5.13 Å². The van der Waals surface area contributed by atoms with Gasteiger partial charge in [0, 0.05) is 36.0 Å². The summed E-state index contributed by atoms with van der Waals surface area (Å²) in [5, 5.41) is 22.4. The number of carboxylic acid groups (broad SMARTS) is 1. The van der Waals surface area contributed by atoms with Crippen LogP contribution in [0.1, 0.15) is 57.4 Å². The zero-order valence-corrected chi connectivity index (χ0v) is 25.2. The molecule has 2 aromatic rings. The van der Waals surface area contributed by atoms with Gasteiger partial charge in [0.1, 0.15) is 6.17 Å². The van der Waals surface area contributed by atoms with Crippen LogP contribution in [0.15, 0.2) is 52.9 Å².